The van der Waals surface area contributed by atoms with Gasteiger partial charge < -0.3 is 4.90 Å². The number of rotatable bonds is 5. The molecule has 48 heavy (non-hydrogen) atoms. The number of anilines is 3. The number of hydrogen-bond donors (Lipinski definition) is 0. The monoisotopic (exact) mass is 611 g/mol. The molecule has 0 saturated carbocycles. The predicted octanol–water partition coefficient (Wildman–Crippen LogP) is 10.9. The standard InChI is InChI=1S/C45H29N3/c46-30-32-19-23-34(24-20-32)36-27-37(35-25-21-33(31-47)22-26-35)29-40(28-36)48-43-17-9-7-15-41(43)45(38-11-3-1-4-12-38,39-13-5-2-6-14-39)42-16-8-10-18-44(42)48/h1-29H. The highest BCUT2D eigenvalue weighted by molar-refractivity contribution is 5.92. The first-order chi connectivity index (χ1) is 23.7. The number of hydrogen-bond acceptors (Lipinski definition) is 3. The van der Waals surface area contributed by atoms with E-state index in [2.05, 4.69) is 144 Å². The number of para-hydroxylation sites is 2. The van der Waals surface area contributed by atoms with E-state index >= 15 is 0 Å². The van der Waals surface area contributed by atoms with Crippen LogP contribution in [0, 0.1) is 22.7 Å². The molecule has 7 aromatic rings. The van der Waals surface area contributed by atoms with Crippen LogP contribution in [0.15, 0.2) is 176 Å². The molecule has 3 nitrogen and oxygen atoms in total. The summed E-state index contributed by atoms with van der Waals surface area (Å²) in [6, 6.07) is 65.8. The molecule has 0 bridgehead atoms. The third kappa shape index (κ3) is 4.66. The SMILES string of the molecule is N#Cc1ccc(-c2cc(-c3ccc(C#N)cc3)cc(N3c4ccccc4C(c4ccccc4)(c4ccccc4)c4ccccc43)c2)cc1. The van der Waals surface area contributed by atoms with Crippen LogP contribution in [0.2, 0.25) is 0 Å². The van der Waals surface area contributed by atoms with Crippen LogP contribution in [0.4, 0.5) is 17.1 Å². The summed E-state index contributed by atoms with van der Waals surface area (Å²) in [6.45, 7) is 0. The largest absolute Gasteiger partial charge is 0.310 e. The Morgan fingerprint density at radius 1 is 0.396 bits per heavy atom. The number of nitriles is 2. The van der Waals surface area contributed by atoms with Crippen molar-refractivity contribution in [3.63, 3.8) is 0 Å². The Bertz CT molecular complexity index is 2180. The van der Waals surface area contributed by atoms with E-state index in [1.807, 2.05) is 48.5 Å². The Balaban J connectivity index is 1.42. The van der Waals surface area contributed by atoms with Crippen molar-refractivity contribution in [2.45, 2.75) is 5.41 Å². The van der Waals surface area contributed by atoms with Crippen LogP contribution in [0.1, 0.15) is 33.4 Å². The molecule has 0 amide bonds. The van der Waals surface area contributed by atoms with Gasteiger partial charge in [-0.25, -0.2) is 0 Å². The molecule has 1 aliphatic heterocycles. The van der Waals surface area contributed by atoms with Gasteiger partial charge in [-0.15, -0.1) is 0 Å². The molecular formula is C45H29N3. The van der Waals surface area contributed by atoms with Crippen molar-refractivity contribution in [1.82, 2.24) is 0 Å². The maximum Gasteiger partial charge on any atom is 0.0991 e. The van der Waals surface area contributed by atoms with Crippen molar-refractivity contribution in [2.24, 2.45) is 0 Å². The lowest BCUT2D eigenvalue weighted by Gasteiger charge is -2.46. The molecular weight excluding hydrogens is 583 g/mol. The van der Waals surface area contributed by atoms with Gasteiger partial charge in [0.2, 0.25) is 0 Å². The fourth-order valence-electron chi connectivity index (χ4n) is 7.24. The molecule has 7 aromatic carbocycles. The third-order valence-electron chi connectivity index (χ3n) is 9.38. The van der Waals surface area contributed by atoms with E-state index in [1.165, 1.54) is 22.3 Å². The summed E-state index contributed by atoms with van der Waals surface area (Å²) in [5.74, 6) is 0. The first-order valence-corrected chi connectivity index (χ1v) is 16.0. The zero-order valence-electron chi connectivity index (χ0n) is 26.1. The fraction of sp³-hybridized carbons (Fsp3) is 0.0222. The van der Waals surface area contributed by atoms with Crippen LogP contribution in [-0.2, 0) is 5.41 Å². The summed E-state index contributed by atoms with van der Waals surface area (Å²) in [5, 5.41) is 18.9. The molecule has 0 aliphatic carbocycles. The fourth-order valence-corrected chi connectivity index (χ4v) is 7.24. The van der Waals surface area contributed by atoms with Gasteiger partial charge in [0.05, 0.1) is 40.1 Å². The lowest BCUT2D eigenvalue weighted by molar-refractivity contribution is 0.731. The highest BCUT2D eigenvalue weighted by Crippen LogP contribution is 2.57. The predicted molar refractivity (Wildman–Crippen MR) is 193 cm³/mol. The highest BCUT2D eigenvalue weighted by atomic mass is 15.2. The van der Waals surface area contributed by atoms with Crippen LogP contribution in [0.25, 0.3) is 22.3 Å². The first-order valence-electron chi connectivity index (χ1n) is 16.0. The first kappa shape index (κ1) is 28.8. The zero-order chi connectivity index (χ0) is 32.5. The average molecular weight is 612 g/mol. The normalized spacial score (nSPS) is 12.7. The lowest BCUT2D eigenvalue weighted by atomic mass is 9.62. The Labute approximate surface area is 280 Å². The van der Waals surface area contributed by atoms with E-state index in [-0.39, 0.29) is 0 Å². The van der Waals surface area contributed by atoms with Gasteiger partial charge in [0.25, 0.3) is 0 Å². The summed E-state index contributed by atoms with van der Waals surface area (Å²) in [6.07, 6.45) is 0. The summed E-state index contributed by atoms with van der Waals surface area (Å²) < 4.78 is 0. The van der Waals surface area contributed by atoms with E-state index in [0.29, 0.717) is 11.1 Å². The average Bonchev–Trinajstić information content (AvgIpc) is 3.17. The van der Waals surface area contributed by atoms with E-state index in [1.54, 1.807) is 0 Å². The molecule has 0 fully saturated rings. The molecule has 224 valence electrons. The van der Waals surface area contributed by atoms with E-state index in [4.69, 9.17) is 0 Å². The van der Waals surface area contributed by atoms with Gasteiger partial charge in [0, 0.05) is 5.69 Å². The van der Waals surface area contributed by atoms with Crippen LogP contribution >= 0.6 is 0 Å². The van der Waals surface area contributed by atoms with Gasteiger partial charge >= 0.3 is 0 Å². The minimum absolute atomic E-state index is 0.549. The van der Waals surface area contributed by atoms with E-state index in [9.17, 15) is 10.5 Å². The maximum atomic E-state index is 9.46. The van der Waals surface area contributed by atoms with Crippen LogP contribution in [0.5, 0.6) is 0 Å². The summed E-state index contributed by atoms with van der Waals surface area (Å²) in [7, 11) is 0. The summed E-state index contributed by atoms with van der Waals surface area (Å²) in [4.78, 5) is 2.38. The topological polar surface area (TPSA) is 50.8 Å². The second kappa shape index (κ2) is 11.9. The molecule has 1 heterocycles. The van der Waals surface area contributed by atoms with Crippen molar-refractivity contribution in [3.8, 4) is 34.4 Å². The van der Waals surface area contributed by atoms with Gasteiger partial charge in [0.1, 0.15) is 0 Å². The molecule has 0 unspecified atom stereocenters. The molecule has 0 atom stereocenters. The number of fused-ring (bicyclic) bond motifs is 2. The molecule has 3 heteroatoms. The molecule has 0 aromatic heterocycles. The quantitative estimate of drug-likeness (QED) is 0.195. The number of nitrogens with zero attached hydrogens (tertiary/aromatic N) is 3. The molecule has 0 spiro atoms. The third-order valence-corrected chi connectivity index (χ3v) is 9.38. The second-order valence-corrected chi connectivity index (χ2v) is 12.0. The van der Waals surface area contributed by atoms with Gasteiger partial charge in [-0.2, -0.15) is 10.5 Å². The smallest absolute Gasteiger partial charge is 0.0991 e. The Hall–Kier alpha value is -6.68. The van der Waals surface area contributed by atoms with Gasteiger partial charge in [-0.05, 0) is 99.1 Å². The van der Waals surface area contributed by atoms with E-state index < -0.39 is 5.41 Å². The molecule has 0 saturated heterocycles. The molecule has 0 radical (unpaired) electrons. The zero-order valence-corrected chi connectivity index (χ0v) is 26.1. The van der Waals surface area contributed by atoms with Crippen molar-refractivity contribution < 1.29 is 0 Å². The van der Waals surface area contributed by atoms with Crippen LogP contribution in [0.3, 0.4) is 0 Å². The lowest BCUT2D eigenvalue weighted by Crippen LogP contribution is -2.37. The van der Waals surface area contributed by atoms with Gasteiger partial charge in [-0.1, -0.05) is 121 Å². The maximum absolute atomic E-state index is 9.46. The minimum atomic E-state index is -0.549. The van der Waals surface area contributed by atoms with Crippen molar-refractivity contribution >= 4 is 17.1 Å². The van der Waals surface area contributed by atoms with E-state index in [0.717, 1.165) is 39.3 Å². The molecule has 0 N–H and O–H groups in total. The number of benzene rings is 7. The summed E-state index contributed by atoms with van der Waals surface area (Å²) in [5.41, 5.74) is 12.9. The van der Waals surface area contributed by atoms with Crippen molar-refractivity contribution in [2.75, 3.05) is 4.90 Å². The van der Waals surface area contributed by atoms with Gasteiger partial charge in [-0.3, -0.25) is 0 Å². The van der Waals surface area contributed by atoms with Crippen LogP contribution in [-0.4, -0.2) is 0 Å². The Kier molecular flexibility index (Phi) is 7.14. The van der Waals surface area contributed by atoms with Crippen molar-refractivity contribution in [1.29, 1.82) is 10.5 Å². The highest BCUT2D eigenvalue weighted by Gasteiger charge is 2.46. The van der Waals surface area contributed by atoms with Gasteiger partial charge in [0.15, 0.2) is 0 Å². The Morgan fingerprint density at radius 2 is 0.792 bits per heavy atom. The van der Waals surface area contributed by atoms with Crippen LogP contribution < -0.4 is 4.90 Å². The summed E-state index contributed by atoms with van der Waals surface area (Å²) >= 11 is 0. The second-order valence-electron chi connectivity index (χ2n) is 12.0. The molecule has 1 aliphatic rings. The Morgan fingerprint density at radius 3 is 1.21 bits per heavy atom. The molecule has 8 rings (SSSR count). The van der Waals surface area contributed by atoms with Crippen molar-refractivity contribution in [3.05, 3.63) is 209 Å². The minimum Gasteiger partial charge on any atom is -0.310 e.